The number of oxazole rings is 1. The van der Waals surface area contributed by atoms with Gasteiger partial charge < -0.3 is 14.5 Å². The first-order valence-electron chi connectivity index (χ1n) is 7.80. The van der Waals surface area contributed by atoms with Gasteiger partial charge in [-0.2, -0.15) is 0 Å². The zero-order valence-electron chi connectivity index (χ0n) is 13.8. The first-order chi connectivity index (χ1) is 12.0. The van der Waals surface area contributed by atoms with Crippen molar-refractivity contribution in [2.45, 2.75) is 20.0 Å². The van der Waals surface area contributed by atoms with Crippen LogP contribution in [0.3, 0.4) is 0 Å². The van der Waals surface area contributed by atoms with Crippen molar-refractivity contribution >= 4 is 17.9 Å². The van der Waals surface area contributed by atoms with Crippen molar-refractivity contribution in [2.24, 2.45) is 0 Å². The first-order valence-corrected chi connectivity index (χ1v) is 7.80. The molecule has 0 aliphatic carbocycles. The molecule has 8 nitrogen and oxygen atoms in total. The van der Waals surface area contributed by atoms with E-state index in [1.165, 1.54) is 6.92 Å². The van der Waals surface area contributed by atoms with Gasteiger partial charge >= 0.3 is 12.0 Å². The van der Waals surface area contributed by atoms with E-state index in [0.29, 0.717) is 18.2 Å². The van der Waals surface area contributed by atoms with E-state index in [1.807, 2.05) is 18.2 Å². The fourth-order valence-corrected chi connectivity index (χ4v) is 2.46. The Balaban J connectivity index is 1.72. The van der Waals surface area contributed by atoms with Crippen LogP contribution >= 0.6 is 0 Å². The van der Waals surface area contributed by atoms with Gasteiger partial charge in [0.2, 0.25) is 5.89 Å². The summed E-state index contributed by atoms with van der Waals surface area (Å²) >= 11 is 0. The predicted molar refractivity (Wildman–Crippen MR) is 86.7 cm³/mol. The fraction of sp³-hybridized carbons (Fsp3) is 0.294. The molecule has 1 aromatic carbocycles. The number of aromatic nitrogens is 1. The molecule has 1 aliphatic heterocycles. The molecule has 1 atom stereocenters. The Labute approximate surface area is 143 Å². The normalized spacial score (nSPS) is 15.0. The molecule has 25 heavy (non-hydrogen) atoms. The highest BCUT2D eigenvalue weighted by atomic mass is 16.5. The summed E-state index contributed by atoms with van der Waals surface area (Å²) in [6, 6.07) is 8.63. The molecule has 2 aromatic rings. The number of carbonyl (C=O) groups excluding carboxylic acids is 3. The van der Waals surface area contributed by atoms with Crippen molar-refractivity contribution in [1.29, 1.82) is 0 Å². The molecule has 0 saturated carbocycles. The van der Waals surface area contributed by atoms with Gasteiger partial charge in [-0.3, -0.25) is 9.69 Å². The van der Waals surface area contributed by atoms with Crippen LogP contribution in [0.5, 0.6) is 0 Å². The summed E-state index contributed by atoms with van der Waals surface area (Å²) < 4.78 is 10.7. The van der Waals surface area contributed by atoms with E-state index < -0.39 is 24.0 Å². The average Bonchev–Trinajstić information content (AvgIpc) is 3.20. The smallest absolute Gasteiger partial charge is 0.361 e. The highest BCUT2D eigenvalue weighted by molar-refractivity contribution is 5.99. The predicted octanol–water partition coefficient (Wildman–Crippen LogP) is 1.75. The number of hydrogen-bond donors (Lipinski definition) is 1. The number of hydrogen-bond acceptors (Lipinski definition) is 6. The lowest BCUT2D eigenvalue weighted by atomic mass is 10.2. The summed E-state index contributed by atoms with van der Waals surface area (Å²) in [5.41, 5.74) is 0.729. The van der Waals surface area contributed by atoms with Crippen molar-refractivity contribution in [3.05, 3.63) is 41.8 Å². The number of amides is 3. The van der Waals surface area contributed by atoms with Crippen molar-refractivity contribution in [1.82, 2.24) is 15.2 Å². The Kier molecular flexibility index (Phi) is 4.51. The van der Waals surface area contributed by atoms with Gasteiger partial charge in [0.15, 0.2) is 11.8 Å². The van der Waals surface area contributed by atoms with Crippen LogP contribution in [0.15, 0.2) is 34.7 Å². The van der Waals surface area contributed by atoms with Crippen LogP contribution in [0, 0.1) is 6.92 Å². The Hall–Kier alpha value is -3.16. The van der Waals surface area contributed by atoms with Crippen molar-refractivity contribution in [3.8, 4) is 11.5 Å². The van der Waals surface area contributed by atoms with Gasteiger partial charge in [-0.1, -0.05) is 18.2 Å². The third-order valence-electron chi connectivity index (χ3n) is 3.77. The van der Waals surface area contributed by atoms with Crippen LogP contribution in [0.1, 0.15) is 23.2 Å². The molecule has 1 fully saturated rings. The number of rotatable bonds is 4. The summed E-state index contributed by atoms with van der Waals surface area (Å²) in [6.07, 6.45) is -1.10. The Bertz CT molecular complexity index is 815. The van der Waals surface area contributed by atoms with Crippen molar-refractivity contribution < 1.29 is 23.5 Å². The number of imide groups is 1. The molecule has 8 heteroatoms. The van der Waals surface area contributed by atoms with E-state index in [-0.39, 0.29) is 12.2 Å². The zero-order chi connectivity index (χ0) is 18.0. The number of ether oxygens (including phenoxy) is 1. The first kappa shape index (κ1) is 16.7. The van der Waals surface area contributed by atoms with Gasteiger partial charge in [-0.15, -0.1) is 0 Å². The van der Waals surface area contributed by atoms with E-state index in [0.717, 1.165) is 10.5 Å². The average molecular weight is 343 g/mol. The van der Waals surface area contributed by atoms with E-state index in [9.17, 15) is 14.4 Å². The second-order valence-corrected chi connectivity index (χ2v) is 5.56. The lowest BCUT2D eigenvalue weighted by Crippen LogP contribution is -2.41. The number of benzene rings is 1. The molecule has 2 heterocycles. The number of nitrogens with one attached hydrogen (secondary N) is 1. The molecule has 1 unspecified atom stereocenters. The lowest BCUT2D eigenvalue weighted by molar-refractivity contribution is -0.136. The third-order valence-corrected chi connectivity index (χ3v) is 3.77. The molecule has 0 spiro atoms. The minimum atomic E-state index is -1.10. The lowest BCUT2D eigenvalue weighted by Gasteiger charge is -2.17. The molecule has 3 rings (SSSR count). The number of urea groups is 1. The monoisotopic (exact) mass is 343 g/mol. The summed E-state index contributed by atoms with van der Waals surface area (Å²) in [7, 11) is 0. The summed E-state index contributed by atoms with van der Waals surface area (Å²) in [5, 5.41) is 2.52. The Morgan fingerprint density at radius 3 is 2.68 bits per heavy atom. The van der Waals surface area contributed by atoms with Crippen LogP contribution < -0.4 is 5.32 Å². The van der Waals surface area contributed by atoms with Gasteiger partial charge in [-0.25, -0.2) is 14.6 Å². The number of carbonyl (C=O) groups is 3. The standard InChI is InChI=1S/C17H17N3O5/c1-10-13(19-14(24-10)12-6-4-3-5-7-12)16(22)25-11(2)15(21)20-9-8-18-17(20)23/h3-7,11H,8-9H2,1-2H3,(H,18,23). The van der Waals surface area contributed by atoms with E-state index in [2.05, 4.69) is 10.3 Å². The van der Waals surface area contributed by atoms with E-state index >= 15 is 0 Å². The molecular formula is C17H17N3O5. The minimum Gasteiger partial charge on any atom is -0.448 e. The van der Waals surface area contributed by atoms with Crippen molar-refractivity contribution in [2.75, 3.05) is 13.1 Å². The summed E-state index contributed by atoms with van der Waals surface area (Å²) in [5.74, 6) is -0.762. The topological polar surface area (TPSA) is 102 Å². The number of esters is 1. The van der Waals surface area contributed by atoms with Crippen LogP contribution in [0.25, 0.3) is 11.5 Å². The SMILES string of the molecule is Cc1oc(-c2ccccc2)nc1C(=O)OC(C)C(=O)N1CCNC1=O. The summed E-state index contributed by atoms with van der Waals surface area (Å²) in [6.45, 7) is 3.64. The maximum atomic E-state index is 12.3. The van der Waals surface area contributed by atoms with Crippen LogP contribution in [0.2, 0.25) is 0 Å². The molecule has 0 bridgehead atoms. The van der Waals surface area contributed by atoms with Gasteiger partial charge in [-0.05, 0) is 26.0 Å². The fourth-order valence-electron chi connectivity index (χ4n) is 2.46. The summed E-state index contributed by atoms with van der Waals surface area (Å²) in [4.78, 5) is 41.2. The largest absolute Gasteiger partial charge is 0.448 e. The van der Waals surface area contributed by atoms with Gasteiger partial charge in [0.1, 0.15) is 5.76 Å². The molecule has 1 saturated heterocycles. The quantitative estimate of drug-likeness (QED) is 0.849. The molecule has 3 amide bonds. The Morgan fingerprint density at radius 2 is 2.04 bits per heavy atom. The second kappa shape index (κ2) is 6.76. The van der Waals surface area contributed by atoms with Crippen LogP contribution in [0.4, 0.5) is 4.79 Å². The second-order valence-electron chi connectivity index (χ2n) is 5.56. The highest BCUT2D eigenvalue weighted by Gasteiger charge is 2.32. The van der Waals surface area contributed by atoms with E-state index in [4.69, 9.17) is 9.15 Å². The molecule has 1 N–H and O–H groups in total. The van der Waals surface area contributed by atoms with Crippen LogP contribution in [-0.4, -0.2) is 47.0 Å². The molecule has 130 valence electrons. The molecule has 0 radical (unpaired) electrons. The molecular weight excluding hydrogens is 326 g/mol. The highest BCUT2D eigenvalue weighted by Crippen LogP contribution is 2.22. The molecule has 1 aromatic heterocycles. The zero-order valence-corrected chi connectivity index (χ0v) is 13.8. The Morgan fingerprint density at radius 1 is 1.32 bits per heavy atom. The minimum absolute atomic E-state index is 0.00405. The maximum Gasteiger partial charge on any atom is 0.361 e. The van der Waals surface area contributed by atoms with Crippen molar-refractivity contribution in [3.63, 3.8) is 0 Å². The number of nitrogens with zero attached hydrogens (tertiary/aromatic N) is 2. The van der Waals surface area contributed by atoms with Gasteiger partial charge in [0.25, 0.3) is 5.91 Å². The molecule has 1 aliphatic rings. The van der Waals surface area contributed by atoms with E-state index in [1.54, 1.807) is 19.1 Å². The maximum absolute atomic E-state index is 12.3. The van der Waals surface area contributed by atoms with Gasteiger partial charge in [0, 0.05) is 18.7 Å². The van der Waals surface area contributed by atoms with Crippen LogP contribution in [-0.2, 0) is 9.53 Å². The number of aryl methyl sites for hydroxylation is 1. The third kappa shape index (κ3) is 3.37. The van der Waals surface area contributed by atoms with Gasteiger partial charge in [0.05, 0.1) is 0 Å².